The summed E-state index contributed by atoms with van der Waals surface area (Å²) in [6.45, 7) is 2.92. The number of nitrogens with one attached hydrogen (secondary N) is 2. The molecule has 0 amide bonds. The van der Waals surface area contributed by atoms with Crippen molar-refractivity contribution in [2.45, 2.75) is 19.8 Å². The Labute approximate surface area is 78.8 Å². The normalized spacial score (nSPS) is 9.77. The fourth-order valence-corrected chi connectivity index (χ4v) is 0.400. The molecule has 0 aromatic carbocycles. The first-order chi connectivity index (χ1) is 5.77. The van der Waals surface area contributed by atoms with Crippen molar-refractivity contribution in [1.29, 1.82) is 5.41 Å². The van der Waals surface area contributed by atoms with E-state index in [4.69, 9.17) is 15.7 Å². The summed E-state index contributed by atoms with van der Waals surface area (Å²) in [6, 6.07) is 0. The molecule has 0 aromatic heterocycles. The maximum atomic E-state index is 9.19. The van der Waals surface area contributed by atoms with Crippen molar-refractivity contribution in [2.75, 3.05) is 12.8 Å². The molecule has 0 spiro atoms. The van der Waals surface area contributed by atoms with Gasteiger partial charge in [0.25, 0.3) is 10.1 Å². The number of hydrogen-bond donors (Lipinski definition) is 4. The van der Waals surface area contributed by atoms with Crippen LogP contribution in [-0.4, -0.2) is 31.7 Å². The predicted molar refractivity (Wildman–Crippen MR) is 52.3 cm³/mol. The molecule has 13 heavy (non-hydrogen) atoms. The van der Waals surface area contributed by atoms with Gasteiger partial charge in [-0.05, 0) is 6.42 Å². The van der Waals surface area contributed by atoms with Crippen LogP contribution in [0.1, 0.15) is 19.8 Å². The molecule has 0 rings (SSSR count). The Morgan fingerprint density at radius 3 is 2.23 bits per heavy atom. The highest BCUT2D eigenvalue weighted by atomic mass is 32.2. The van der Waals surface area contributed by atoms with Crippen molar-refractivity contribution >= 4 is 16.1 Å². The highest BCUT2D eigenvalue weighted by molar-refractivity contribution is 7.85. The van der Waals surface area contributed by atoms with E-state index in [0.717, 1.165) is 19.4 Å². The lowest BCUT2D eigenvalue weighted by Gasteiger charge is -1.98. The zero-order chi connectivity index (χ0) is 10.9. The number of rotatable bonds is 3. The van der Waals surface area contributed by atoms with E-state index in [1.807, 2.05) is 0 Å². The zero-order valence-corrected chi connectivity index (χ0v) is 8.69. The average molecular weight is 211 g/mol. The Kier molecular flexibility index (Phi) is 8.83. The molecule has 0 atom stereocenters. The topological polar surface area (TPSA) is 116 Å². The number of guanidine groups is 1. The van der Waals surface area contributed by atoms with Crippen LogP contribution >= 0.6 is 0 Å². The van der Waals surface area contributed by atoms with Gasteiger partial charge in [0, 0.05) is 6.54 Å². The molecule has 0 aliphatic rings. The summed E-state index contributed by atoms with van der Waals surface area (Å²) < 4.78 is 25.9. The standard InChI is InChI=1S/C5H13N3.CH4O3S/c1-2-3-4-8-5(6)7;1-5(2,3)4/h2-4H2,1H3,(H4,6,7,8);1H3,(H,2,3,4). The summed E-state index contributed by atoms with van der Waals surface area (Å²) in [5, 5.41) is 9.45. The molecule has 0 fully saturated rings. The largest absolute Gasteiger partial charge is 0.370 e. The van der Waals surface area contributed by atoms with E-state index < -0.39 is 10.1 Å². The SMILES string of the molecule is CCCCNC(=N)N.CS(=O)(=O)O. The van der Waals surface area contributed by atoms with Crippen molar-refractivity contribution in [2.24, 2.45) is 5.73 Å². The third-order valence-corrected chi connectivity index (χ3v) is 0.846. The van der Waals surface area contributed by atoms with E-state index in [1.165, 1.54) is 0 Å². The van der Waals surface area contributed by atoms with Crippen LogP contribution in [0.3, 0.4) is 0 Å². The Bertz CT molecular complexity index is 217. The minimum absolute atomic E-state index is 0.0680. The van der Waals surface area contributed by atoms with Gasteiger partial charge in [-0.3, -0.25) is 9.96 Å². The molecule has 0 aliphatic heterocycles. The van der Waals surface area contributed by atoms with Gasteiger partial charge < -0.3 is 11.1 Å². The Hall–Kier alpha value is -0.820. The molecular weight excluding hydrogens is 194 g/mol. The molecule has 7 heteroatoms. The van der Waals surface area contributed by atoms with Crippen molar-refractivity contribution in [3.05, 3.63) is 0 Å². The third-order valence-electron chi connectivity index (χ3n) is 0.846. The average Bonchev–Trinajstić information content (AvgIpc) is 1.83. The first-order valence-electron chi connectivity index (χ1n) is 3.77. The second kappa shape index (κ2) is 7.81. The number of unbranched alkanes of at least 4 members (excludes halogenated alkanes) is 1. The van der Waals surface area contributed by atoms with E-state index in [9.17, 15) is 8.42 Å². The summed E-state index contributed by atoms with van der Waals surface area (Å²) in [5.74, 6) is 0.0680. The van der Waals surface area contributed by atoms with Crippen molar-refractivity contribution in [3.63, 3.8) is 0 Å². The summed E-state index contributed by atoms with van der Waals surface area (Å²) >= 11 is 0. The van der Waals surface area contributed by atoms with Crippen molar-refractivity contribution < 1.29 is 13.0 Å². The first-order valence-corrected chi connectivity index (χ1v) is 5.62. The molecule has 0 saturated carbocycles. The predicted octanol–water partition coefficient (Wildman–Crippen LogP) is -0.226. The van der Waals surface area contributed by atoms with Crippen molar-refractivity contribution in [3.8, 4) is 0 Å². The van der Waals surface area contributed by atoms with Crippen LogP contribution in [0, 0.1) is 5.41 Å². The van der Waals surface area contributed by atoms with Crippen molar-refractivity contribution in [1.82, 2.24) is 5.32 Å². The van der Waals surface area contributed by atoms with Gasteiger partial charge in [-0.2, -0.15) is 8.42 Å². The van der Waals surface area contributed by atoms with E-state index in [1.54, 1.807) is 0 Å². The maximum Gasteiger partial charge on any atom is 0.261 e. The molecule has 6 nitrogen and oxygen atoms in total. The molecule has 0 heterocycles. The van der Waals surface area contributed by atoms with Crippen LogP contribution in [0.5, 0.6) is 0 Å². The summed E-state index contributed by atoms with van der Waals surface area (Å²) in [7, 11) is -3.67. The second-order valence-corrected chi connectivity index (χ2v) is 3.89. The minimum atomic E-state index is -3.67. The van der Waals surface area contributed by atoms with Crippen LogP contribution in [0.2, 0.25) is 0 Å². The molecule has 0 saturated heterocycles. The smallest absolute Gasteiger partial charge is 0.261 e. The zero-order valence-electron chi connectivity index (χ0n) is 7.87. The first kappa shape index (κ1) is 14.7. The van der Waals surface area contributed by atoms with E-state index >= 15 is 0 Å². The molecule has 0 unspecified atom stereocenters. The molecule has 0 aliphatic carbocycles. The highest BCUT2D eigenvalue weighted by Crippen LogP contribution is 1.80. The summed E-state index contributed by atoms with van der Waals surface area (Å²) in [6.07, 6.45) is 2.94. The van der Waals surface area contributed by atoms with E-state index in [0.29, 0.717) is 6.26 Å². The highest BCUT2D eigenvalue weighted by Gasteiger charge is 1.83. The summed E-state index contributed by atoms with van der Waals surface area (Å²) in [4.78, 5) is 0. The molecular formula is C6H17N3O3S. The monoisotopic (exact) mass is 211 g/mol. The van der Waals surface area contributed by atoms with Crippen LogP contribution in [0.15, 0.2) is 0 Å². The number of hydrogen-bond acceptors (Lipinski definition) is 3. The summed E-state index contributed by atoms with van der Waals surface area (Å²) in [5.41, 5.74) is 5.01. The molecule has 0 radical (unpaired) electrons. The lowest BCUT2D eigenvalue weighted by Crippen LogP contribution is -2.30. The van der Waals surface area contributed by atoms with Crippen LogP contribution in [-0.2, 0) is 10.1 Å². The van der Waals surface area contributed by atoms with Gasteiger partial charge >= 0.3 is 0 Å². The molecule has 80 valence electrons. The molecule has 0 aromatic rings. The third kappa shape index (κ3) is 53.9. The quantitative estimate of drug-likeness (QED) is 0.223. The van der Waals surface area contributed by atoms with Gasteiger partial charge in [0.2, 0.25) is 0 Å². The van der Waals surface area contributed by atoms with Crippen LogP contribution < -0.4 is 11.1 Å². The maximum absolute atomic E-state index is 9.19. The van der Waals surface area contributed by atoms with Gasteiger partial charge in [0.15, 0.2) is 5.96 Å². The van der Waals surface area contributed by atoms with Gasteiger partial charge in [-0.15, -0.1) is 0 Å². The van der Waals surface area contributed by atoms with E-state index in [2.05, 4.69) is 12.2 Å². The van der Waals surface area contributed by atoms with E-state index in [-0.39, 0.29) is 5.96 Å². The fraction of sp³-hybridized carbons (Fsp3) is 0.833. The van der Waals surface area contributed by atoms with Gasteiger partial charge in [0.05, 0.1) is 6.26 Å². The Morgan fingerprint density at radius 2 is 2.00 bits per heavy atom. The Morgan fingerprint density at radius 1 is 1.62 bits per heavy atom. The van der Waals surface area contributed by atoms with Gasteiger partial charge in [-0.1, -0.05) is 13.3 Å². The fourth-order valence-electron chi connectivity index (χ4n) is 0.400. The van der Waals surface area contributed by atoms with Crippen LogP contribution in [0.25, 0.3) is 0 Å². The molecule has 0 bridgehead atoms. The van der Waals surface area contributed by atoms with Gasteiger partial charge in [0.1, 0.15) is 0 Å². The Balaban J connectivity index is 0. The molecule has 5 N–H and O–H groups in total. The van der Waals surface area contributed by atoms with Crippen LogP contribution in [0.4, 0.5) is 0 Å². The lowest BCUT2D eigenvalue weighted by molar-refractivity contribution is 0.490. The minimum Gasteiger partial charge on any atom is -0.370 e. The number of nitrogens with two attached hydrogens (primary N) is 1. The lowest BCUT2D eigenvalue weighted by atomic mass is 10.3. The van der Waals surface area contributed by atoms with Gasteiger partial charge in [-0.25, -0.2) is 0 Å². The second-order valence-electron chi connectivity index (χ2n) is 2.43.